The molecule has 1 aromatic carbocycles. The number of hydrogen-bond acceptors (Lipinski definition) is 7. The van der Waals surface area contributed by atoms with Crippen LogP contribution in [0, 0.1) is 0 Å². The van der Waals surface area contributed by atoms with Crippen LogP contribution in [0.2, 0.25) is 5.15 Å². The molecule has 28 heavy (non-hydrogen) atoms. The van der Waals surface area contributed by atoms with E-state index in [4.69, 9.17) is 21.1 Å². The maximum Gasteiger partial charge on any atom is 0.324 e. The number of esters is 1. The number of halogens is 1. The van der Waals surface area contributed by atoms with Crippen molar-refractivity contribution in [1.29, 1.82) is 0 Å². The van der Waals surface area contributed by atoms with Crippen molar-refractivity contribution in [2.45, 2.75) is 24.0 Å². The number of nitrogens with zero attached hydrogens (tertiary/aromatic N) is 1. The van der Waals surface area contributed by atoms with Crippen LogP contribution in [0.5, 0.6) is 5.75 Å². The molecular formula is C18H21ClN2O5S2. The van der Waals surface area contributed by atoms with E-state index in [1.807, 2.05) is 6.26 Å². The number of carbonyl (C=O) groups is 1. The van der Waals surface area contributed by atoms with Crippen LogP contribution in [0.25, 0.3) is 0 Å². The molecule has 0 saturated heterocycles. The van der Waals surface area contributed by atoms with Gasteiger partial charge in [0.15, 0.2) is 0 Å². The second-order valence-electron chi connectivity index (χ2n) is 5.73. The molecule has 7 nitrogen and oxygen atoms in total. The predicted molar refractivity (Wildman–Crippen MR) is 109 cm³/mol. The van der Waals surface area contributed by atoms with Crippen LogP contribution in [0.4, 0.5) is 0 Å². The first-order valence-corrected chi connectivity index (χ1v) is 11.5. The average molecular weight is 445 g/mol. The van der Waals surface area contributed by atoms with Crippen molar-refractivity contribution >= 4 is 39.4 Å². The number of pyridine rings is 1. The number of carbonyl (C=O) groups excluding carboxylic acids is 1. The standard InChI is InChI=1S/C18H21ClN2O5S2/c1-25-14-4-6-15(7-5-14)28(23,24)21-16(9-10-27-2)18(22)26-12-13-3-8-17(19)20-11-13/h3-8,11,16,21H,9-10,12H2,1-2H3. The van der Waals surface area contributed by atoms with E-state index in [0.717, 1.165) is 0 Å². The zero-order valence-corrected chi connectivity index (χ0v) is 17.8. The Bertz CT molecular complexity index is 874. The molecule has 0 saturated carbocycles. The van der Waals surface area contributed by atoms with Crippen LogP contribution in [-0.2, 0) is 26.2 Å². The highest BCUT2D eigenvalue weighted by Crippen LogP contribution is 2.17. The van der Waals surface area contributed by atoms with Gasteiger partial charge in [0.25, 0.3) is 0 Å². The predicted octanol–water partition coefficient (Wildman–Crippen LogP) is 2.89. The third kappa shape index (κ3) is 6.66. The van der Waals surface area contributed by atoms with Gasteiger partial charge in [-0.3, -0.25) is 4.79 Å². The summed E-state index contributed by atoms with van der Waals surface area (Å²) in [6, 6.07) is 8.17. The van der Waals surface area contributed by atoms with Crippen molar-refractivity contribution in [2.75, 3.05) is 19.1 Å². The fourth-order valence-corrected chi connectivity index (χ4v) is 4.02. The molecule has 0 radical (unpaired) electrons. The first kappa shape index (κ1) is 22.5. The monoisotopic (exact) mass is 444 g/mol. The van der Waals surface area contributed by atoms with Crippen LogP contribution in [-0.4, -0.2) is 44.5 Å². The summed E-state index contributed by atoms with van der Waals surface area (Å²) in [5, 5.41) is 0.333. The van der Waals surface area contributed by atoms with Gasteiger partial charge in [0.05, 0.1) is 12.0 Å². The van der Waals surface area contributed by atoms with Crippen molar-refractivity contribution in [2.24, 2.45) is 0 Å². The third-order valence-electron chi connectivity index (χ3n) is 3.73. The zero-order valence-electron chi connectivity index (χ0n) is 15.4. The quantitative estimate of drug-likeness (QED) is 0.444. The van der Waals surface area contributed by atoms with Crippen LogP contribution in [0.15, 0.2) is 47.5 Å². The van der Waals surface area contributed by atoms with E-state index in [1.165, 1.54) is 49.3 Å². The lowest BCUT2D eigenvalue weighted by Crippen LogP contribution is -2.42. The zero-order chi connectivity index (χ0) is 20.6. The summed E-state index contributed by atoms with van der Waals surface area (Å²) >= 11 is 7.23. The second-order valence-corrected chi connectivity index (χ2v) is 8.81. The summed E-state index contributed by atoms with van der Waals surface area (Å²) in [5.74, 6) is 0.475. The smallest absolute Gasteiger partial charge is 0.324 e. The molecule has 0 spiro atoms. The van der Waals surface area contributed by atoms with Crippen molar-refractivity contribution in [3.05, 3.63) is 53.3 Å². The van der Waals surface area contributed by atoms with E-state index in [1.54, 1.807) is 12.1 Å². The molecule has 0 aliphatic heterocycles. The highest BCUT2D eigenvalue weighted by atomic mass is 35.5. The number of nitrogens with one attached hydrogen (secondary N) is 1. The van der Waals surface area contributed by atoms with Gasteiger partial charge < -0.3 is 9.47 Å². The lowest BCUT2D eigenvalue weighted by Gasteiger charge is -2.17. The average Bonchev–Trinajstić information content (AvgIpc) is 2.70. The van der Waals surface area contributed by atoms with Gasteiger partial charge in [0.2, 0.25) is 10.0 Å². The van der Waals surface area contributed by atoms with Crippen LogP contribution in [0.1, 0.15) is 12.0 Å². The highest BCUT2D eigenvalue weighted by molar-refractivity contribution is 7.98. The summed E-state index contributed by atoms with van der Waals surface area (Å²) in [7, 11) is -2.40. The molecule has 0 bridgehead atoms. The Balaban J connectivity index is 2.07. The largest absolute Gasteiger partial charge is 0.497 e. The van der Waals surface area contributed by atoms with E-state index in [-0.39, 0.29) is 11.5 Å². The van der Waals surface area contributed by atoms with Crippen LogP contribution >= 0.6 is 23.4 Å². The molecule has 0 fully saturated rings. The number of benzene rings is 1. The van der Waals surface area contributed by atoms with Gasteiger partial charge in [-0.2, -0.15) is 16.5 Å². The van der Waals surface area contributed by atoms with Crippen molar-refractivity contribution in [3.8, 4) is 5.75 Å². The Labute approximate surface area is 173 Å². The van der Waals surface area contributed by atoms with Gasteiger partial charge in [-0.25, -0.2) is 13.4 Å². The molecule has 0 aliphatic rings. The summed E-state index contributed by atoms with van der Waals surface area (Å²) in [6.45, 7) is -0.0248. The van der Waals surface area contributed by atoms with Gasteiger partial charge in [-0.15, -0.1) is 0 Å². The van der Waals surface area contributed by atoms with E-state index >= 15 is 0 Å². The molecule has 2 rings (SSSR count). The lowest BCUT2D eigenvalue weighted by atomic mass is 10.2. The van der Waals surface area contributed by atoms with Gasteiger partial charge >= 0.3 is 5.97 Å². The molecular weight excluding hydrogens is 424 g/mol. The molecule has 1 aromatic heterocycles. The number of sulfonamides is 1. The normalized spacial score (nSPS) is 12.4. The second kappa shape index (κ2) is 10.7. The number of hydrogen-bond donors (Lipinski definition) is 1. The van der Waals surface area contributed by atoms with E-state index in [9.17, 15) is 13.2 Å². The number of ether oxygens (including phenoxy) is 2. The molecule has 1 atom stereocenters. The lowest BCUT2D eigenvalue weighted by molar-refractivity contribution is -0.147. The van der Waals surface area contributed by atoms with Gasteiger partial charge in [-0.05, 0) is 48.8 Å². The molecule has 0 aliphatic carbocycles. The summed E-state index contributed by atoms with van der Waals surface area (Å²) in [5.41, 5.74) is 0.652. The van der Waals surface area contributed by atoms with Crippen molar-refractivity contribution in [3.63, 3.8) is 0 Å². The van der Waals surface area contributed by atoms with Crippen LogP contribution in [0.3, 0.4) is 0 Å². The van der Waals surface area contributed by atoms with E-state index < -0.39 is 22.0 Å². The Morgan fingerprint density at radius 3 is 2.54 bits per heavy atom. The first-order valence-electron chi connectivity index (χ1n) is 8.28. The maximum atomic E-state index is 12.6. The SMILES string of the molecule is COc1ccc(S(=O)(=O)NC(CCSC)C(=O)OCc2ccc(Cl)nc2)cc1. The summed E-state index contributed by atoms with van der Waals surface area (Å²) < 4.78 is 38.0. The number of aromatic nitrogens is 1. The summed E-state index contributed by atoms with van der Waals surface area (Å²) in [4.78, 5) is 16.4. The topological polar surface area (TPSA) is 94.6 Å². The minimum Gasteiger partial charge on any atom is -0.497 e. The molecule has 1 unspecified atom stereocenters. The number of thioether (sulfide) groups is 1. The van der Waals surface area contributed by atoms with Crippen molar-refractivity contribution < 1.29 is 22.7 Å². The Morgan fingerprint density at radius 1 is 1.25 bits per heavy atom. The summed E-state index contributed by atoms with van der Waals surface area (Å²) in [6.07, 6.45) is 3.67. The van der Waals surface area contributed by atoms with Gasteiger partial charge in [0.1, 0.15) is 23.6 Å². The molecule has 10 heteroatoms. The minimum absolute atomic E-state index is 0.0248. The van der Waals surface area contributed by atoms with E-state index in [0.29, 0.717) is 28.6 Å². The fraction of sp³-hybridized carbons (Fsp3) is 0.333. The van der Waals surface area contributed by atoms with Gasteiger partial charge in [0, 0.05) is 11.8 Å². The fourth-order valence-electron chi connectivity index (χ4n) is 2.22. The Hall–Kier alpha value is -1.81. The molecule has 2 aromatic rings. The maximum absolute atomic E-state index is 12.6. The molecule has 152 valence electrons. The number of rotatable bonds is 10. The Kier molecular flexibility index (Phi) is 8.56. The van der Waals surface area contributed by atoms with E-state index in [2.05, 4.69) is 9.71 Å². The number of methoxy groups -OCH3 is 1. The Morgan fingerprint density at radius 2 is 1.96 bits per heavy atom. The molecule has 1 N–H and O–H groups in total. The highest BCUT2D eigenvalue weighted by Gasteiger charge is 2.26. The van der Waals surface area contributed by atoms with Gasteiger partial charge in [-0.1, -0.05) is 17.7 Å². The van der Waals surface area contributed by atoms with Crippen LogP contribution < -0.4 is 9.46 Å². The third-order valence-corrected chi connectivity index (χ3v) is 6.09. The molecule has 1 heterocycles. The minimum atomic E-state index is -3.89. The molecule has 0 amide bonds. The first-order chi connectivity index (χ1) is 13.4. The van der Waals surface area contributed by atoms with Crippen molar-refractivity contribution in [1.82, 2.24) is 9.71 Å².